The maximum absolute atomic E-state index is 12.6. The Morgan fingerprint density at radius 1 is 1.42 bits per heavy atom. The fourth-order valence-corrected chi connectivity index (χ4v) is 4.19. The van der Waals surface area contributed by atoms with Crippen molar-refractivity contribution in [3.8, 4) is 0 Å². The van der Waals surface area contributed by atoms with E-state index in [-0.39, 0.29) is 5.91 Å². The number of carboxylic acids is 1. The molecule has 1 fully saturated rings. The molecule has 1 unspecified atom stereocenters. The number of carbonyl (C=O) groups excluding carboxylic acids is 1. The highest BCUT2D eigenvalue weighted by Crippen LogP contribution is 2.35. The molecule has 1 aliphatic heterocycles. The lowest BCUT2D eigenvalue weighted by molar-refractivity contribution is -0.145. The third-order valence-electron chi connectivity index (χ3n) is 4.02. The number of aryl methyl sites for hydroxylation is 1. The molecule has 124 valence electrons. The molecule has 1 aromatic carbocycles. The molecule has 5 nitrogen and oxygen atoms in total. The first-order valence-corrected chi connectivity index (χ1v) is 8.70. The molecule has 1 saturated heterocycles. The minimum atomic E-state index is -1.04. The second kappa shape index (κ2) is 6.41. The molecule has 1 aliphatic rings. The average molecular weight is 360 g/mol. The van der Waals surface area contributed by atoms with Gasteiger partial charge >= 0.3 is 5.97 Å². The number of para-hydroxylation sites is 1. The van der Waals surface area contributed by atoms with Crippen LogP contribution in [0.25, 0.3) is 17.0 Å². The number of hydrogen-bond acceptors (Lipinski definition) is 4. The summed E-state index contributed by atoms with van der Waals surface area (Å²) in [6, 6.07) is 6.99. The molecule has 1 atom stereocenters. The SMILES string of the molecule is CCC(C(=O)O)N1C(=O)/C(=C/c2cn(C)c3ccccc23)SC1=S. The van der Waals surface area contributed by atoms with E-state index in [9.17, 15) is 14.7 Å². The Morgan fingerprint density at radius 2 is 2.12 bits per heavy atom. The van der Waals surface area contributed by atoms with Gasteiger partial charge in [-0.15, -0.1) is 0 Å². The van der Waals surface area contributed by atoms with Crippen molar-refractivity contribution in [2.75, 3.05) is 0 Å². The summed E-state index contributed by atoms with van der Waals surface area (Å²) in [5.41, 5.74) is 1.98. The zero-order chi connectivity index (χ0) is 17.4. The van der Waals surface area contributed by atoms with Crippen LogP contribution in [-0.2, 0) is 16.6 Å². The second-order valence-corrected chi connectivity index (χ2v) is 7.20. The van der Waals surface area contributed by atoms with Crippen molar-refractivity contribution < 1.29 is 14.7 Å². The molecule has 0 spiro atoms. The number of benzene rings is 1. The van der Waals surface area contributed by atoms with Crippen molar-refractivity contribution in [3.63, 3.8) is 0 Å². The zero-order valence-corrected chi connectivity index (χ0v) is 14.9. The maximum atomic E-state index is 12.6. The van der Waals surface area contributed by atoms with Crippen molar-refractivity contribution >= 4 is 57.2 Å². The summed E-state index contributed by atoms with van der Waals surface area (Å²) >= 11 is 6.38. The molecule has 1 N–H and O–H groups in total. The summed E-state index contributed by atoms with van der Waals surface area (Å²) < 4.78 is 2.29. The van der Waals surface area contributed by atoms with Gasteiger partial charge in [-0.3, -0.25) is 9.69 Å². The number of fused-ring (bicyclic) bond motifs is 1. The Balaban J connectivity index is 2.01. The number of nitrogens with zero attached hydrogens (tertiary/aromatic N) is 2. The topological polar surface area (TPSA) is 62.5 Å². The van der Waals surface area contributed by atoms with E-state index in [0.717, 1.165) is 28.2 Å². The number of thiocarbonyl (C=S) groups is 1. The number of aliphatic carboxylic acids is 1. The Labute approximate surface area is 148 Å². The fraction of sp³-hybridized carbons (Fsp3) is 0.235. The van der Waals surface area contributed by atoms with Crippen LogP contribution < -0.4 is 0 Å². The molecular formula is C17H16N2O3S2. The zero-order valence-electron chi connectivity index (χ0n) is 13.2. The highest BCUT2D eigenvalue weighted by molar-refractivity contribution is 8.26. The van der Waals surface area contributed by atoms with Gasteiger partial charge in [-0.1, -0.05) is 49.1 Å². The van der Waals surface area contributed by atoms with Crippen LogP contribution >= 0.6 is 24.0 Å². The van der Waals surface area contributed by atoms with Crippen molar-refractivity contribution in [1.82, 2.24) is 9.47 Å². The van der Waals surface area contributed by atoms with Crippen LogP contribution in [0.3, 0.4) is 0 Å². The summed E-state index contributed by atoms with van der Waals surface area (Å²) in [7, 11) is 1.95. The molecule has 0 radical (unpaired) electrons. The van der Waals surface area contributed by atoms with Crippen LogP contribution in [0.2, 0.25) is 0 Å². The number of rotatable bonds is 4. The monoisotopic (exact) mass is 360 g/mol. The number of aromatic nitrogens is 1. The lowest BCUT2D eigenvalue weighted by Gasteiger charge is -2.21. The first-order chi connectivity index (χ1) is 11.4. The lowest BCUT2D eigenvalue weighted by Crippen LogP contribution is -2.43. The first-order valence-electron chi connectivity index (χ1n) is 7.48. The normalized spacial score (nSPS) is 17.9. The molecule has 0 bridgehead atoms. The van der Waals surface area contributed by atoms with Gasteiger partial charge in [0.2, 0.25) is 0 Å². The molecule has 0 saturated carbocycles. The molecule has 7 heteroatoms. The van der Waals surface area contributed by atoms with Crippen molar-refractivity contribution in [1.29, 1.82) is 0 Å². The average Bonchev–Trinajstić information content (AvgIpc) is 3.00. The van der Waals surface area contributed by atoms with Gasteiger partial charge in [-0.05, 0) is 18.6 Å². The Morgan fingerprint density at radius 3 is 2.79 bits per heavy atom. The van der Waals surface area contributed by atoms with Gasteiger partial charge in [-0.2, -0.15) is 0 Å². The van der Waals surface area contributed by atoms with Crippen molar-refractivity contribution in [2.24, 2.45) is 7.05 Å². The Hall–Kier alpha value is -2.12. The second-order valence-electron chi connectivity index (χ2n) is 5.53. The number of carbonyl (C=O) groups is 2. The molecule has 1 aromatic heterocycles. The number of carboxylic acid groups (broad SMARTS) is 1. The van der Waals surface area contributed by atoms with Gasteiger partial charge in [0, 0.05) is 29.7 Å². The van der Waals surface area contributed by atoms with E-state index in [1.54, 1.807) is 13.0 Å². The number of amides is 1. The highest BCUT2D eigenvalue weighted by atomic mass is 32.2. The van der Waals surface area contributed by atoms with E-state index >= 15 is 0 Å². The van der Waals surface area contributed by atoms with E-state index < -0.39 is 12.0 Å². The van der Waals surface area contributed by atoms with Crippen molar-refractivity contribution in [2.45, 2.75) is 19.4 Å². The van der Waals surface area contributed by atoms with Gasteiger partial charge in [-0.25, -0.2) is 4.79 Å². The Kier molecular flexibility index (Phi) is 4.47. The molecule has 0 aliphatic carbocycles. The van der Waals surface area contributed by atoms with Gasteiger partial charge < -0.3 is 9.67 Å². The summed E-state index contributed by atoms with van der Waals surface area (Å²) in [6.07, 6.45) is 4.05. The Bertz CT molecular complexity index is 885. The van der Waals surface area contributed by atoms with E-state index in [2.05, 4.69) is 0 Å². The van der Waals surface area contributed by atoms with Crippen LogP contribution in [0.15, 0.2) is 35.4 Å². The smallest absolute Gasteiger partial charge is 0.326 e. The largest absolute Gasteiger partial charge is 0.480 e. The van der Waals surface area contributed by atoms with E-state index in [1.165, 1.54) is 4.90 Å². The molecule has 1 amide bonds. The van der Waals surface area contributed by atoms with E-state index in [4.69, 9.17) is 12.2 Å². The third kappa shape index (κ3) is 2.74. The van der Waals surface area contributed by atoms with Crippen LogP contribution in [0.1, 0.15) is 18.9 Å². The van der Waals surface area contributed by atoms with Gasteiger partial charge in [0.05, 0.1) is 4.91 Å². The number of hydrogen-bond donors (Lipinski definition) is 1. The van der Waals surface area contributed by atoms with Gasteiger partial charge in [0.15, 0.2) is 0 Å². The minimum absolute atomic E-state index is 0.292. The first kappa shape index (κ1) is 16.7. The summed E-state index contributed by atoms with van der Waals surface area (Å²) in [6.45, 7) is 1.73. The molecule has 24 heavy (non-hydrogen) atoms. The van der Waals surface area contributed by atoms with Crippen LogP contribution in [-0.4, -0.2) is 36.8 Å². The third-order valence-corrected chi connectivity index (χ3v) is 5.35. The van der Waals surface area contributed by atoms with Crippen molar-refractivity contribution in [3.05, 3.63) is 40.9 Å². The molecule has 2 aromatic rings. The summed E-state index contributed by atoms with van der Waals surface area (Å²) in [5, 5.41) is 10.3. The lowest BCUT2D eigenvalue weighted by atomic mass is 10.1. The highest BCUT2D eigenvalue weighted by Gasteiger charge is 2.39. The fourth-order valence-electron chi connectivity index (χ4n) is 2.85. The summed E-state index contributed by atoms with van der Waals surface area (Å²) in [5.74, 6) is -1.38. The van der Waals surface area contributed by atoms with Crippen LogP contribution in [0.5, 0.6) is 0 Å². The van der Waals surface area contributed by atoms with E-state index in [1.807, 2.05) is 42.1 Å². The van der Waals surface area contributed by atoms with E-state index in [0.29, 0.717) is 15.6 Å². The minimum Gasteiger partial charge on any atom is -0.480 e. The predicted octanol–water partition coefficient (Wildman–Crippen LogP) is 3.24. The van der Waals surface area contributed by atoms with Gasteiger partial charge in [0.25, 0.3) is 5.91 Å². The molecule has 3 rings (SSSR count). The quantitative estimate of drug-likeness (QED) is 0.670. The predicted molar refractivity (Wildman–Crippen MR) is 99.6 cm³/mol. The van der Waals surface area contributed by atoms with Crippen LogP contribution in [0.4, 0.5) is 0 Å². The summed E-state index contributed by atoms with van der Waals surface area (Å²) in [4.78, 5) is 25.7. The molecular weight excluding hydrogens is 344 g/mol. The standard InChI is InChI=1S/C17H16N2O3S2/c1-3-12(16(21)22)19-15(20)14(24-17(19)23)8-10-9-18(2)13-7-5-4-6-11(10)13/h4-9,12H,3H2,1-2H3,(H,21,22)/b14-8-. The maximum Gasteiger partial charge on any atom is 0.326 e. The van der Waals surface area contributed by atoms with Crippen LogP contribution in [0, 0.1) is 0 Å². The molecule has 2 heterocycles. The number of thioether (sulfide) groups is 1. The van der Waals surface area contributed by atoms with Gasteiger partial charge in [0.1, 0.15) is 10.4 Å².